The summed E-state index contributed by atoms with van der Waals surface area (Å²) in [6.07, 6.45) is 2.55. The van der Waals surface area contributed by atoms with E-state index in [1.165, 1.54) is 13.2 Å². The maximum atomic E-state index is 11.6. The molecule has 1 aromatic heterocycles. The molecule has 0 radical (unpaired) electrons. The Morgan fingerprint density at radius 1 is 1.36 bits per heavy atom. The zero-order valence-electron chi connectivity index (χ0n) is 13.0. The predicted molar refractivity (Wildman–Crippen MR) is 85.7 cm³/mol. The third-order valence-corrected chi connectivity index (χ3v) is 3.31. The topological polar surface area (TPSA) is 90.1 Å². The van der Waals surface area contributed by atoms with E-state index in [4.69, 9.17) is 10.5 Å². The SMILES string of the molecule is CCC(C)Oc1ccc(-c2ncc(C(=O)NC)c(N)n2)cc1. The quantitative estimate of drug-likeness (QED) is 0.884. The van der Waals surface area contributed by atoms with Gasteiger partial charge in [-0.2, -0.15) is 0 Å². The van der Waals surface area contributed by atoms with Gasteiger partial charge in [0.25, 0.3) is 5.91 Å². The number of anilines is 1. The van der Waals surface area contributed by atoms with Gasteiger partial charge in [-0.05, 0) is 37.6 Å². The van der Waals surface area contributed by atoms with Crippen LogP contribution in [0.4, 0.5) is 5.82 Å². The summed E-state index contributed by atoms with van der Waals surface area (Å²) in [5.74, 6) is 1.12. The smallest absolute Gasteiger partial charge is 0.256 e. The number of ether oxygens (including phenoxy) is 1. The number of benzene rings is 1. The Balaban J connectivity index is 2.21. The van der Waals surface area contributed by atoms with E-state index < -0.39 is 0 Å². The van der Waals surface area contributed by atoms with Crippen molar-refractivity contribution in [1.29, 1.82) is 0 Å². The fourth-order valence-corrected chi connectivity index (χ4v) is 1.84. The number of hydrogen-bond acceptors (Lipinski definition) is 5. The summed E-state index contributed by atoms with van der Waals surface area (Å²) in [7, 11) is 1.53. The van der Waals surface area contributed by atoms with E-state index in [1.54, 1.807) is 0 Å². The molecule has 3 N–H and O–H groups in total. The Hall–Kier alpha value is -2.63. The Kier molecular flexibility index (Phi) is 4.93. The zero-order chi connectivity index (χ0) is 16.1. The first kappa shape index (κ1) is 15.8. The highest BCUT2D eigenvalue weighted by molar-refractivity contribution is 5.98. The van der Waals surface area contributed by atoms with Crippen molar-refractivity contribution in [3.05, 3.63) is 36.0 Å². The molecule has 6 heteroatoms. The number of amides is 1. The van der Waals surface area contributed by atoms with Gasteiger partial charge in [-0.25, -0.2) is 9.97 Å². The Morgan fingerprint density at radius 3 is 2.59 bits per heavy atom. The van der Waals surface area contributed by atoms with Gasteiger partial charge >= 0.3 is 0 Å². The lowest BCUT2D eigenvalue weighted by molar-refractivity contribution is 0.0963. The van der Waals surface area contributed by atoms with Crippen LogP contribution in [-0.2, 0) is 0 Å². The molecule has 0 bridgehead atoms. The number of nitrogen functional groups attached to an aromatic ring is 1. The van der Waals surface area contributed by atoms with Crippen LogP contribution in [0.25, 0.3) is 11.4 Å². The molecule has 2 aromatic rings. The maximum Gasteiger partial charge on any atom is 0.256 e. The van der Waals surface area contributed by atoms with Crippen LogP contribution in [0.2, 0.25) is 0 Å². The highest BCUT2D eigenvalue weighted by atomic mass is 16.5. The molecule has 116 valence electrons. The molecule has 0 saturated heterocycles. The first-order valence-corrected chi connectivity index (χ1v) is 7.16. The molecule has 1 aromatic carbocycles. The molecular formula is C16H20N4O2. The van der Waals surface area contributed by atoms with Crippen molar-refractivity contribution in [2.45, 2.75) is 26.4 Å². The van der Waals surface area contributed by atoms with Crippen LogP contribution in [0.3, 0.4) is 0 Å². The summed E-state index contributed by atoms with van der Waals surface area (Å²) in [5.41, 5.74) is 6.89. The normalized spacial score (nSPS) is 11.8. The second-order valence-electron chi connectivity index (χ2n) is 4.93. The largest absolute Gasteiger partial charge is 0.491 e. The number of carbonyl (C=O) groups excluding carboxylic acids is 1. The maximum absolute atomic E-state index is 11.6. The molecule has 6 nitrogen and oxygen atoms in total. The van der Waals surface area contributed by atoms with Gasteiger partial charge in [0.05, 0.1) is 11.7 Å². The standard InChI is InChI=1S/C16H20N4O2/c1-4-10(2)22-12-7-5-11(6-8-12)15-19-9-13(14(17)20-15)16(21)18-3/h5-10H,4H2,1-3H3,(H,18,21)(H2,17,19,20). The molecule has 22 heavy (non-hydrogen) atoms. The number of nitrogens with one attached hydrogen (secondary N) is 1. The molecule has 1 atom stereocenters. The monoisotopic (exact) mass is 300 g/mol. The van der Waals surface area contributed by atoms with E-state index in [0.29, 0.717) is 5.82 Å². The highest BCUT2D eigenvalue weighted by Gasteiger charge is 2.12. The lowest BCUT2D eigenvalue weighted by Crippen LogP contribution is -2.20. The minimum Gasteiger partial charge on any atom is -0.491 e. The van der Waals surface area contributed by atoms with Crippen molar-refractivity contribution in [2.75, 3.05) is 12.8 Å². The number of rotatable bonds is 5. The highest BCUT2D eigenvalue weighted by Crippen LogP contribution is 2.22. The molecule has 0 fully saturated rings. The third kappa shape index (κ3) is 3.52. The van der Waals surface area contributed by atoms with Gasteiger partial charge in [-0.15, -0.1) is 0 Å². The van der Waals surface area contributed by atoms with Gasteiger partial charge < -0.3 is 15.8 Å². The van der Waals surface area contributed by atoms with E-state index in [9.17, 15) is 4.79 Å². The minimum atomic E-state index is -0.304. The van der Waals surface area contributed by atoms with Crippen molar-refractivity contribution < 1.29 is 9.53 Å². The van der Waals surface area contributed by atoms with Crippen molar-refractivity contribution in [2.24, 2.45) is 0 Å². The van der Waals surface area contributed by atoms with Crippen LogP contribution in [-0.4, -0.2) is 29.0 Å². The number of nitrogens with zero attached hydrogens (tertiary/aromatic N) is 2. The van der Waals surface area contributed by atoms with Gasteiger partial charge in [0.2, 0.25) is 0 Å². The second-order valence-corrected chi connectivity index (χ2v) is 4.93. The average molecular weight is 300 g/mol. The molecule has 1 amide bonds. The molecule has 0 spiro atoms. The van der Waals surface area contributed by atoms with Crippen molar-refractivity contribution in [3.8, 4) is 17.1 Å². The van der Waals surface area contributed by atoms with E-state index >= 15 is 0 Å². The molecule has 1 heterocycles. The van der Waals surface area contributed by atoms with E-state index in [0.717, 1.165) is 17.7 Å². The summed E-state index contributed by atoms with van der Waals surface area (Å²) in [6.45, 7) is 4.10. The van der Waals surface area contributed by atoms with E-state index in [2.05, 4.69) is 22.2 Å². The zero-order valence-corrected chi connectivity index (χ0v) is 13.0. The molecule has 1 unspecified atom stereocenters. The number of hydrogen-bond donors (Lipinski definition) is 2. The fraction of sp³-hybridized carbons (Fsp3) is 0.312. The number of nitrogens with two attached hydrogens (primary N) is 1. The molecule has 0 aliphatic carbocycles. The van der Waals surface area contributed by atoms with Crippen LogP contribution in [0.1, 0.15) is 30.6 Å². The molecule has 0 aliphatic heterocycles. The second kappa shape index (κ2) is 6.89. The van der Waals surface area contributed by atoms with Crippen LogP contribution in [0, 0.1) is 0 Å². The Morgan fingerprint density at radius 2 is 2.05 bits per heavy atom. The van der Waals surface area contributed by atoms with Crippen LogP contribution in [0.5, 0.6) is 5.75 Å². The number of aromatic nitrogens is 2. The fourth-order valence-electron chi connectivity index (χ4n) is 1.84. The van der Waals surface area contributed by atoms with E-state index in [-0.39, 0.29) is 23.4 Å². The lowest BCUT2D eigenvalue weighted by Gasteiger charge is -2.12. The third-order valence-electron chi connectivity index (χ3n) is 3.31. The van der Waals surface area contributed by atoms with Crippen molar-refractivity contribution in [1.82, 2.24) is 15.3 Å². The average Bonchev–Trinajstić information content (AvgIpc) is 2.54. The summed E-state index contributed by atoms with van der Waals surface area (Å²) in [5, 5.41) is 2.50. The first-order valence-electron chi connectivity index (χ1n) is 7.16. The Labute approximate surface area is 129 Å². The number of carbonyl (C=O) groups is 1. The van der Waals surface area contributed by atoms with Crippen LogP contribution in [0.15, 0.2) is 30.5 Å². The van der Waals surface area contributed by atoms with Gasteiger partial charge in [0.1, 0.15) is 11.6 Å². The van der Waals surface area contributed by atoms with Crippen LogP contribution < -0.4 is 15.8 Å². The molecule has 0 saturated carbocycles. The van der Waals surface area contributed by atoms with Gasteiger partial charge in [-0.3, -0.25) is 4.79 Å². The van der Waals surface area contributed by atoms with Crippen molar-refractivity contribution in [3.63, 3.8) is 0 Å². The summed E-state index contributed by atoms with van der Waals surface area (Å²) < 4.78 is 5.72. The lowest BCUT2D eigenvalue weighted by atomic mass is 10.2. The predicted octanol–water partition coefficient (Wildman–Crippen LogP) is 2.26. The van der Waals surface area contributed by atoms with Gasteiger partial charge in [-0.1, -0.05) is 6.92 Å². The molecule has 2 rings (SSSR count). The minimum absolute atomic E-state index is 0.157. The van der Waals surface area contributed by atoms with Crippen LogP contribution >= 0.6 is 0 Å². The Bertz CT molecular complexity index is 656. The van der Waals surface area contributed by atoms with Crippen molar-refractivity contribution >= 4 is 11.7 Å². The van der Waals surface area contributed by atoms with E-state index in [1.807, 2.05) is 31.2 Å². The molecular weight excluding hydrogens is 280 g/mol. The summed E-state index contributed by atoms with van der Waals surface area (Å²) in [6, 6.07) is 7.47. The first-order chi connectivity index (χ1) is 10.5. The molecule has 0 aliphatic rings. The summed E-state index contributed by atoms with van der Waals surface area (Å²) in [4.78, 5) is 19.9. The van der Waals surface area contributed by atoms with Gasteiger partial charge in [0.15, 0.2) is 5.82 Å². The summed E-state index contributed by atoms with van der Waals surface area (Å²) >= 11 is 0. The van der Waals surface area contributed by atoms with Gasteiger partial charge in [0, 0.05) is 18.8 Å².